The van der Waals surface area contributed by atoms with Gasteiger partial charge in [0.15, 0.2) is 6.10 Å². The summed E-state index contributed by atoms with van der Waals surface area (Å²) in [4.78, 5) is 12.2. The number of hydrogen-bond donors (Lipinski definition) is 1. The number of amides is 1. The summed E-state index contributed by atoms with van der Waals surface area (Å²) < 4.78 is 68.6. The minimum absolute atomic E-state index is 0.261. The second-order valence-electron chi connectivity index (χ2n) is 6.02. The largest absolute Gasteiger partial charge is 0.481 e. The molecule has 0 aromatic heterocycles. The van der Waals surface area contributed by atoms with Crippen LogP contribution in [0.15, 0.2) is 48.5 Å². The maximum atomic E-state index is 13.0. The molecule has 0 unspecified atom stereocenters. The minimum Gasteiger partial charge on any atom is -0.481 e. The van der Waals surface area contributed by atoms with Crippen LogP contribution in [0.4, 0.5) is 24.5 Å². The summed E-state index contributed by atoms with van der Waals surface area (Å²) in [6.07, 6.45) is -4.63. The van der Waals surface area contributed by atoms with Crippen LogP contribution in [0.5, 0.6) is 5.75 Å². The highest BCUT2D eigenvalue weighted by atomic mass is 32.2. The molecular weight excluding hydrogens is 397 g/mol. The van der Waals surface area contributed by atoms with Crippen LogP contribution in [0.2, 0.25) is 0 Å². The number of carbonyl (C=O) groups is 1. The molecule has 2 aromatic carbocycles. The third kappa shape index (κ3) is 5.38. The molecule has 1 amide bonds. The Hall–Kier alpha value is -2.75. The van der Waals surface area contributed by atoms with Crippen molar-refractivity contribution in [1.29, 1.82) is 0 Å². The second-order valence-corrected chi connectivity index (χ2v) is 8.03. The number of para-hydroxylation sites is 1. The summed E-state index contributed by atoms with van der Waals surface area (Å²) in [6.45, 7) is 1.39. The van der Waals surface area contributed by atoms with Crippen molar-refractivity contribution in [1.82, 2.24) is 0 Å². The molecule has 0 fully saturated rings. The highest BCUT2D eigenvalue weighted by molar-refractivity contribution is 7.92. The van der Waals surface area contributed by atoms with Gasteiger partial charge in [0.1, 0.15) is 5.75 Å². The fourth-order valence-electron chi connectivity index (χ4n) is 2.26. The smallest absolute Gasteiger partial charge is 0.418 e. The van der Waals surface area contributed by atoms with Crippen molar-refractivity contribution >= 4 is 27.3 Å². The number of nitrogens with zero attached hydrogens (tertiary/aromatic N) is 1. The standard InChI is InChI=1S/C18H19F3N2O4S/c1-12(17(24)22-16-7-5-4-6-15(16)18(19,20)21)27-14-10-8-13(9-11-14)23(2)28(3,25)26/h4-12H,1-3H3,(H,22,24)/t12-/m0/s1. The van der Waals surface area contributed by atoms with Crippen LogP contribution < -0.4 is 14.4 Å². The summed E-state index contributed by atoms with van der Waals surface area (Å²) in [7, 11) is -2.03. The quantitative estimate of drug-likeness (QED) is 0.782. The van der Waals surface area contributed by atoms with Gasteiger partial charge < -0.3 is 10.1 Å². The molecule has 152 valence electrons. The third-order valence-electron chi connectivity index (χ3n) is 3.87. The van der Waals surface area contributed by atoms with Crippen LogP contribution in [0.3, 0.4) is 0 Å². The maximum Gasteiger partial charge on any atom is 0.418 e. The number of halogens is 3. The van der Waals surface area contributed by atoms with Crippen LogP contribution in [0.25, 0.3) is 0 Å². The molecule has 2 rings (SSSR count). The fraction of sp³-hybridized carbons (Fsp3) is 0.278. The first-order chi connectivity index (χ1) is 12.9. The Bertz CT molecular complexity index is 944. The van der Waals surface area contributed by atoms with Crippen molar-refractivity contribution in [3.63, 3.8) is 0 Å². The van der Waals surface area contributed by atoms with Gasteiger partial charge in [-0.1, -0.05) is 12.1 Å². The monoisotopic (exact) mass is 416 g/mol. The lowest BCUT2D eigenvalue weighted by molar-refractivity contribution is -0.137. The number of ether oxygens (including phenoxy) is 1. The third-order valence-corrected chi connectivity index (χ3v) is 5.08. The van der Waals surface area contributed by atoms with Crippen LogP contribution in [-0.2, 0) is 21.0 Å². The van der Waals surface area contributed by atoms with Crippen LogP contribution in [0.1, 0.15) is 12.5 Å². The van der Waals surface area contributed by atoms with Gasteiger partial charge in [-0.3, -0.25) is 9.10 Å². The Balaban J connectivity index is 2.08. The van der Waals surface area contributed by atoms with Crippen LogP contribution in [0, 0.1) is 0 Å². The maximum absolute atomic E-state index is 13.0. The van der Waals surface area contributed by atoms with Crippen molar-refractivity contribution in [2.75, 3.05) is 22.9 Å². The molecule has 28 heavy (non-hydrogen) atoms. The molecule has 0 aliphatic carbocycles. The van der Waals surface area contributed by atoms with E-state index < -0.39 is 33.8 Å². The van der Waals surface area contributed by atoms with Crippen LogP contribution >= 0.6 is 0 Å². The van der Waals surface area contributed by atoms with E-state index in [1.807, 2.05) is 0 Å². The van der Waals surface area contributed by atoms with E-state index in [0.29, 0.717) is 5.69 Å². The molecule has 0 saturated heterocycles. The van der Waals surface area contributed by atoms with Crippen LogP contribution in [-0.4, -0.2) is 33.7 Å². The number of anilines is 2. The van der Waals surface area contributed by atoms with E-state index in [0.717, 1.165) is 22.7 Å². The predicted molar refractivity (Wildman–Crippen MR) is 99.9 cm³/mol. The second kappa shape index (κ2) is 8.09. The van der Waals surface area contributed by atoms with Gasteiger partial charge in [-0.05, 0) is 43.3 Å². The highest BCUT2D eigenvalue weighted by Gasteiger charge is 2.34. The molecule has 2 aromatic rings. The molecule has 0 radical (unpaired) electrons. The van der Waals surface area contributed by atoms with Gasteiger partial charge in [0.25, 0.3) is 5.91 Å². The molecule has 0 spiro atoms. The van der Waals surface area contributed by atoms with Crippen molar-refractivity contribution in [3.8, 4) is 5.75 Å². The molecule has 0 saturated carbocycles. The molecule has 10 heteroatoms. The molecular formula is C18H19F3N2O4S. The number of carbonyl (C=O) groups excluding carboxylic acids is 1. The Labute approximate surface area is 161 Å². The molecule has 6 nitrogen and oxygen atoms in total. The van der Waals surface area contributed by atoms with Gasteiger partial charge in [0.2, 0.25) is 10.0 Å². The first kappa shape index (κ1) is 21.5. The lowest BCUT2D eigenvalue weighted by Crippen LogP contribution is -2.31. The number of benzene rings is 2. The summed E-state index contributed by atoms with van der Waals surface area (Å²) in [6, 6.07) is 10.5. The predicted octanol–water partition coefficient (Wildman–Crippen LogP) is 3.51. The Morgan fingerprint density at radius 3 is 2.21 bits per heavy atom. The molecule has 1 atom stereocenters. The fourth-order valence-corrected chi connectivity index (χ4v) is 2.76. The van der Waals surface area contributed by atoms with Gasteiger partial charge in [-0.15, -0.1) is 0 Å². The zero-order chi connectivity index (χ0) is 21.1. The van der Waals surface area contributed by atoms with E-state index in [9.17, 15) is 26.4 Å². The van der Waals surface area contributed by atoms with Crippen molar-refractivity contribution < 1.29 is 31.1 Å². The van der Waals surface area contributed by atoms with Crippen molar-refractivity contribution in [3.05, 3.63) is 54.1 Å². The zero-order valence-electron chi connectivity index (χ0n) is 15.3. The van der Waals surface area contributed by atoms with E-state index in [-0.39, 0.29) is 11.4 Å². The lowest BCUT2D eigenvalue weighted by Gasteiger charge is -2.19. The molecule has 0 heterocycles. The number of nitrogens with one attached hydrogen (secondary N) is 1. The summed E-state index contributed by atoms with van der Waals surface area (Å²) >= 11 is 0. The Morgan fingerprint density at radius 2 is 1.68 bits per heavy atom. The van der Waals surface area contributed by atoms with Gasteiger partial charge in [0.05, 0.1) is 23.2 Å². The first-order valence-corrected chi connectivity index (χ1v) is 9.92. The van der Waals surface area contributed by atoms with E-state index in [4.69, 9.17) is 4.74 Å². The summed E-state index contributed by atoms with van der Waals surface area (Å²) in [5.41, 5.74) is -0.921. The number of alkyl halides is 3. The summed E-state index contributed by atoms with van der Waals surface area (Å²) in [5, 5.41) is 2.22. The highest BCUT2D eigenvalue weighted by Crippen LogP contribution is 2.34. The molecule has 0 aliphatic rings. The number of hydrogen-bond acceptors (Lipinski definition) is 4. The summed E-state index contributed by atoms with van der Waals surface area (Å²) in [5.74, 6) is -0.494. The lowest BCUT2D eigenvalue weighted by atomic mass is 10.1. The molecule has 0 aliphatic heterocycles. The van der Waals surface area contributed by atoms with E-state index in [2.05, 4.69) is 5.32 Å². The molecule has 1 N–H and O–H groups in total. The van der Waals surface area contributed by atoms with Gasteiger partial charge in [-0.2, -0.15) is 13.2 Å². The normalized spacial score (nSPS) is 12.9. The van der Waals surface area contributed by atoms with E-state index >= 15 is 0 Å². The average Bonchev–Trinajstić information content (AvgIpc) is 2.60. The van der Waals surface area contributed by atoms with Crippen molar-refractivity contribution in [2.45, 2.75) is 19.2 Å². The Kier molecular flexibility index (Phi) is 6.23. The first-order valence-electron chi connectivity index (χ1n) is 8.07. The van der Waals surface area contributed by atoms with Gasteiger partial charge >= 0.3 is 6.18 Å². The SMILES string of the molecule is C[C@H](Oc1ccc(N(C)S(C)(=O)=O)cc1)C(=O)Nc1ccccc1C(F)(F)F. The van der Waals surface area contributed by atoms with E-state index in [1.54, 1.807) is 0 Å². The topological polar surface area (TPSA) is 75.7 Å². The molecule has 0 bridgehead atoms. The zero-order valence-corrected chi connectivity index (χ0v) is 16.1. The number of sulfonamides is 1. The minimum atomic E-state index is -4.60. The van der Waals surface area contributed by atoms with Gasteiger partial charge in [0, 0.05) is 7.05 Å². The van der Waals surface area contributed by atoms with Crippen molar-refractivity contribution in [2.24, 2.45) is 0 Å². The average molecular weight is 416 g/mol. The number of rotatable bonds is 6. The van der Waals surface area contributed by atoms with Gasteiger partial charge in [-0.25, -0.2) is 8.42 Å². The Morgan fingerprint density at radius 1 is 1.11 bits per heavy atom. The van der Waals surface area contributed by atoms with E-state index in [1.165, 1.54) is 50.4 Å².